The van der Waals surface area contributed by atoms with Crippen molar-refractivity contribution < 1.29 is 4.79 Å². The lowest BCUT2D eigenvalue weighted by Crippen LogP contribution is -2.43. The summed E-state index contributed by atoms with van der Waals surface area (Å²) < 4.78 is 0. The topological polar surface area (TPSA) is 73.9 Å². The Balaban J connectivity index is 1.17. The third-order valence-electron chi connectivity index (χ3n) is 6.20. The van der Waals surface area contributed by atoms with Crippen LogP contribution in [0, 0.1) is 5.92 Å². The van der Waals surface area contributed by atoms with Crippen molar-refractivity contribution in [2.24, 2.45) is 5.92 Å². The summed E-state index contributed by atoms with van der Waals surface area (Å²) in [6, 6.07) is 22.3. The van der Waals surface area contributed by atoms with Gasteiger partial charge >= 0.3 is 0 Å². The van der Waals surface area contributed by atoms with E-state index in [1.165, 1.54) is 10.9 Å². The second kappa shape index (κ2) is 9.22. The Bertz CT molecular complexity index is 1190. The number of hydrogen-bond donors (Lipinski definition) is 2. The lowest BCUT2D eigenvalue weighted by Gasteiger charge is -2.32. The molecule has 32 heavy (non-hydrogen) atoms. The van der Waals surface area contributed by atoms with Gasteiger partial charge in [0.2, 0.25) is 5.91 Å². The summed E-state index contributed by atoms with van der Waals surface area (Å²) in [4.78, 5) is 18.3. The van der Waals surface area contributed by atoms with Crippen LogP contribution in [0.4, 0.5) is 5.82 Å². The Morgan fingerprint density at radius 3 is 2.72 bits per heavy atom. The molecule has 1 fully saturated rings. The summed E-state index contributed by atoms with van der Waals surface area (Å²) in [5, 5.41) is 13.2. The number of carbonyl (C=O) groups is 1. The van der Waals surface area contributed by atoms with E-state index in [-0.39, 0.29) is 11.8 Å². The van der Waals surface area contributed by atoms with Crippen LogP contribution in [0.2, 0.25) is 0 Å². The number of amides is 1. The van der Waals surface area contributed by atoms with E-state index in [1.807, 2.05) is 60.8 Å². The second-order valence-corrected chi connectivity index (χ2v) is 8.33. The molecule has 4 aromatic rings. The Morgan fingerprint density at radius 2 is 1.88 bits per heavy atom. The van der Waals surface area contributed by atoms with E-state index in [1.54, 1.807) is 0 Å². The number of piperidine rings is 1. The van der Waals surface area contributed by atoms with Gasteiger partial charge in [0.25, 0.3) is 0 Å². The van der Waals surface area contributed by atoms with Crippen molar-refractivity contribution in [2.75, 3.05) is 24.5 Å². The average Bonchev–Trinajstić information content (AvgIpc) is 3.28. The van der Waals surface area contributed by atoms with Crippen LogP contribution in [-0.2, 0) is 11.2 Å². The highest BCUT2D eigenvalue weighted by Crippen LogP contribution is 2.23. The molecule has 6 nitrogen and oxygen atoms in total. The summed E-state index contributed by atoms with van der Waals surface area (Å²) >= 11 is 0. The molecule has 0 radical (unpaired) electrons. The Labute approximate surface area is 187 Å². The van der Waals surface area contributed by atoms with Crippen molar-refractivity contribution in [3.8, 4) is 11.3 Å². The zero-order valence-electron chi connectivity index (χ0n) is 18.0. The highest BCUT2D eigenvalue weighted by atomic mass is 16.1. The number of nitrogens with one attached hydrogen (secondary N) is 2. The number of nitrogens with zero attached hydrogens (tertiary/aromatic N) is 3. The van der Waals surface area contributed by atoms with Crippen LogP contribution >= 0.6 is 0 Å². The quantitative estimate of drug-likeness (QED) is 0.486. The molecular weight excluding hydrogens is 398 g/mol. The zero-order chi connectivity index (χ0) is 21.8. The van der Waals surface area contributed by atoms with Gasteiger partial charge in [-0.25, -0.2) is 0 Å². The van der Waals surface area contributed by atoms with Gasteiger partial charge in [-0.1, -0.05) is 48.5 Å². The number of fused-ring (bicyclic) bond motifs is 1. The summed E-state index contributed by atoms with van der Waals surface area (Å²) in [7, 11) is 0. The number of hydrogen-bond acceptors (Lipinski definition) is 4. The summed E-state index contributed by atoms with van der Waals surface area (Å²) in [6.45, 7) is 2.22. The van der Waals surface area contributed by atoms with Crippen molar-refractivity contribution in [3.63, 3.8) is 0 Å². The Kier molecular flexibility index (Phi) is 5.83. The van der Waals surface area contributed by atoms with E-state index in [0.29, 0.717) is 13.1 Å². The molecule has 0 unspecified atom stereocenters. The number of H-pyrrole nitrogens is 1. The smallest absolute Gasteiger partial charge is 0.224 e. The summed E-state index contributed by atoms with van der Waals surface area (Å²) in [5.74, 6) is 0.937. The van der Waals surface area contributed by atoms with Gasteiger partial charge in [-0.3, -0.25) is 4.79 Å². The zero-order valence-corrected chi connectivity index (χ0v) is 18.0. The molecule has 1 aliphatic rings. The molecule has 162 valence electrons. The van der Waals surface area contributed by atoms with Crippen molar-refractivity contribution in [1.82, 2.24) is 20.5 Å². The summed E-state index contributed by atoms with van der Waals surface area (Å²) in [6.07, 6.45) is 4.74. The highest BCUT2D eigenvalue weighted by Gasteiger charge is 2.26. The van der Waals surface area contributed by atoms with E-state index in [9.17, 15) is 4.79 Å². The van der Waals surface area contributed by atoms with Crippen LogP contribution in [-0.4, -0.2) is 40.7 Å². The number of aromatic nitrogens is 3. The monoisotopic (exact) mass is 425 g/mol. The number of carbonyl (C=O) groups excluding carboxylic acids is 1. The molecule has 0 bridgehead atoms. The van der Waals surface area contributed by atoms with Crippen LogP contribution in [0.5, 0.6) is 0 Å². The molecule has 0 saturated carbocycles. The van der Waals surface area contributed by atoms with Gasteiger partial charge in [0.05, 0.1) is 11.6 Å². The maximum atomic E-state index is 12.8. The fourth-order valence-corrected chi connectivity index (χ4v) is 4.46. The van der Waals surface area contributed by atoms with Crippen molar-refractivity contribution >= 4 is 22.6 Å². The van der Waals surface area contributed by atoms with E-state index >= 15 is 0 Å². The standard InChI is InChI=1S/C26H27N5O/c32-26(27-15-14-20-17-28-24-11-5-4-10-22(20)24)21-9-6-16-31(18-21)25-13-12-23(29-30-25)19-7-2-1-3-8-19/h1-5,7-8,10-13,17,21,28H,6,9,14-16,18H2,(H,27,32)/t21-/m0/s1. The van der Waals surface area contributed by atoms with Crippen molar-refractivity contribution in [1.29, 1.82) is 0 Å². The van der Waals surface area contributed by atoms with Crippen LogP contribution < -0.4 is 10.2 Å². The number of aromatic amines is 1. The fourth-order valence-electron chi connectivity index (χ4n) is 4.46. The lowest BCUT2D eigenvalue weighted by atomic mass is 9.97. The molecule has 5 rings (SSSR count). The molecule has 3 heterocycles. The minimum absolute atomic E-state index is 0.0256. The van der Waals surface area contributed by atoms with Gasteiger partial charge in [-0.05, 0) is 43.0 Å². The third kappa shape index (κ3) is 4.35. The van der Waals surface area contributed by atoms with E-state index < -0.39 is 0 Å². The molecule has 6 heteroatoms. The van der Waals surface area contributed by atoms with E-state index in [0.717, 1.165) is 48.4 Å². The predicted molar refractivity (Wildman–Crippen MR) is 127 cm³/mol. The molecule has 1 amide bonds. The first-order valence-corrected chi connectivity index (χ1v) is 11.2. The van der Waals surface area contributed by atoms with Gasteiger partial charge in [0.1, 0.15) is 0 Å². The van der Waals surface area contributed by atoms with Crippen LogP contribution in [0.15, 0.2) is 72.9 Å². The van der Waals surface area contributed by atoms with Gasteiger partial charge in [-0.15, -0.1) is 10.2 Å². The molecule has 1 saturated heterocycles. The number of rotatable bonds is 6. The molecule has 2 aromatic carbocycles. The molecule has 1 atom stereocenters. The lowest BCUT2D eigenvalue weighted by molar-refractivity contribution is -0.125. The molecule has 0 aliphatic carbocycles. The van der Waals surface area contributed by atoms with Crippen LogP contribution in [0.25, 0.3) is 22.2 Å². The van der Waals surface area contributed by atoms with Crippen LogP contribution in [0.3, 0.4) is 0 Å². The maximum absolute atomic E-state index is 12.8. The third-order valence-corrected chi connectivity index (χ3v) is 6.20. The SMILES string of the molecule is O=C(NCCc1c[nH]c2ccccc12)[C@H]1CCCN(c2ccc(-c3ccccc3)nn2)C1. The Hall–Kier alpha value is -3.67. The second-order valence-electron chi connectivity index (χ2n) is 8.33. The first kappa shape index (κ1) is 20.2. The number of para-hydroxylation sites is 1. The minimum Gasteiger partial charge on any atom is -0.361 e. The summed E-state index contributed by atoms with van der Waals surface area (Å²) in [5.41, 5.74) is 4.28. The fraction of sp³-hybridized carbons (Fsp3) is 0.269. The predicted octanol–water partition coefficient (Wildman–Crippen LogP) is 4.20. The Morgan fingerprint density at radius 1 is 1.03 bits per heavy atom. The largest absolute Gasteiger partial charge is 0.361 e. The van der Waals surface area contributed by atoms with E-state index in [4.69, 9.17) is 0 Å². The first-order valence-electron chi connectivity index (χ1n) is 11.2. The number of anilines is 1. The van der Waals surface area contributed by atoms with Crippen LogP contribution in [0.1, 0.15) is 18.4 Å². The van der Waals surface area contributed by atoms with Gasteiger partial charge in [0.15, 0.2) is 5.82 Å². The molecule has 1 aliphatic heterocycles. The molecule has 0 spiro atoms. The first-order chi connectivity index (χ1) is 15.8. The average molecular weight is 426 g/mol. The number of benzene rings is 2. The minimum atomic E-state index is -0.0256. The normalized spacial score (nSPS) is 16.2. The molecular formula is C26H27N5O. The molecule has 2 N–H and O–H groups in total. The maximum Gasteiger partial charge on any atom is 0.224 e. The van der Waals surface area contributed by atoms with Crippen molar-refractivity contribution in [2.45, 2.75) is 19.3 Å². The molecule has 2 aromatic heterocycles. The van der Waals surface area contributed by atoms with Gasteiger partial charge in [0, 0.05) is 42.3 Å². The highest BCUT2D eigenvalue weighted by molar-refractivity contribution is 5.83. The van der Waals surface area contributed by atoms with Gasteiger partial charge < -0.3 is 15.2 Å². The van der Waals surface area contributed by atoms with E-state index in [2.05, 4.69) is 37.5 Å². The van der Waals surface area contributed by atoms with Gasteiger partial charge in [-0.2, -0.15) is 0 Å². The van der Waals surface area contributed by atoms with Crippen molar-refractivity contribution in [3.05, 3.63) is 78.5 Å².